The molecule has 0 atom stereocenters. The number of sulfonamides is 1. The molecule has 0 bridgehead atoms. The van der Waals surface area contributed by atoms with Gasteiger partial charge in [-0.25, -0.2) is 17.9 Å². The van der Waals surface area contributed by atoms with Gasteiger partial charge in [-0.3, -0.25) is 0 Å². The van der Waals surface area contributed by atoms with Crippen LogP contribution in [0, 0.1) is 6.92 Å². The van der Waals surface area contributed by atoms with Crippen molar-refractivity contribution in [3.8, 4) is 0 Å². The van der Waals surface area contributed by atoms with Crippen molar-refractivity contribution in [2.45, 2.75) is 49.5 Å². The third-order valence-electron chi connectivity index (χ3n) is 4.02. The molecule has 124 valence electrons. The highest BCUT2D eigenvalue weighted by molar-refractivity contribution is 7.89. The van der Waals surface area contributed by atoms with Gasteiger partial charge in [0.1, 0.15) is 9.77 Å². The molecule has 6 nitrogen and oxygen atoms in total. The Balaban J connectivity index is 2.20. The monoisotopic (exact) mass is 346 g/mol. The number of carbonyl (C=O) groups is 1. The highest BCUT2D eigenvalue weighted by atomic mass is 32.2. The Morgan fingerprint density at radius 2 is 2.05 bits per heavy atom. The number of nitrogens with two attached hydrogens (primary N) is 1. The maximum atomic E-state index is 12.6. The van der Waals surface area contributed by atoms with Crippen molar-refractivity contribution in [2.24, 2.45) is 5.73 Å². The fourth-order valence-corrected chi connectivity index (χ4v) is 5.58. The molecule has 1 aliphatic rings. The summed E-state index contributed by atoms with van der Waals surface area (Å²) in [7, 11) is -2.56. The van der Waals surface area contributed by atoms with E-state index in [1.54, 1.807) is 12.3 Å². The lowest BCUT2D eigenvalue weighted by Crippen LogP contribution is -2.51. The van der Waals surface area contributed by atoms with Gasteiger partial charge in [-0.2, -0.15) is 0 Å². The predicted octanol–water partition coefficient (Wildman–Crippen LogP) is 1.78. The number of aryl methyl sites for hydroxylation is 1. The van der Waals surface area contributed by atoms with Gasteiger partial charge in [0, 0.05) is 12.1 Å². The number of esters is 1. The minimum absolute atomic E-state index is 0.00348. The molecule has 1 fully saturated rings. The molecule has 0 saturated heterocycles. The van der Waals surface area contributed by atoms with Gasteiger partial charge in [0.05, 0.1) is 7.11 Å². The van der Waals surface area contributed by atoms with Crippen LogP contribution in [-0.4, -0.2) is 33.6 Å². The van der Waals surface area contributed by atoms with Crippen LogP contribution in [0.3, 0.4) is 0 Å². The zero-order valence-corrected chi connectivity index (χ0v) is 14.5. The number of nitrogens with one attached hydrogen (secondary N) is 1. The first-order valence-electron chi connectivity index (χ1n) is 7.24. The number of methoxy groups -OCH3 is 1. The summed E-state index contributed by atoms with van der Waals surface area (Å²) in [6, 6.07) is 0. The number of rotatable bonds is 5. The second kappa shape index (κ2) is 6.66. The average molecular weight is 346 g/mol. The van der Waals surface area contributed by atoms with Crippen LogP contribution in [0.1, 0.15) is 47.3 Å². The Labute approximate surface area is 135 Å². The second-order valence-electron chi connectivity index (χ2n) is 5.82. The maximum absolute atomic E-state index is 12.6. The van der Waals surface area contributed by atoms with E-state index < -0.39 is 21.5 Å². The van der Waals surface area contributed by atoms with Gasteiger partial charge in [-0.1, -0.05) is 19.3 Å². The van der Waals surface area contributed by atoms with Crippen molar-refractivity contribution in [2.75, 3.05) is 13.7 Å². The number of hydrogen-bond donors (Lipinski definition) is 2. The number of hydrogen-bond acceptors (Lipinski definition) is 6. The van der Waals surface area contributed by atoms with E-state index in [0.29, 0.717) is 5.56 Å². The van der Waals surface area contributed by atoms with Crippen molar-refractivity contribution < 1.29 is 17.9 Å². The highest BCUT2D eigenvalue weighted by Crippen LogP contribution is 2.29. The normalized spacial score (nSPS) is 18.1. The largest absolute Gasteiger partial charge is 0.465 e. The van der Waals surface area contributed by atoms with Crippen molar-refractivity contribution in [3.05, 3.63) is 15.8 Å². The average Bonchev–Trinajstić information content (AvgIpc) is 2.88. The molecule has 0 aliphatic heterocycles. The van der Waals surface area contributed by atoms with E-state index in [-0.39, 0.29) is 16.3 Å². The van der Waals surface area contributed by atoms with Crippen LogP contribution in [0.5, 0.6) is 0 Å². The molecule has 1 aliphatic carbocycles. The Morgan fingerprint density at radius 3 is 2.64 bits per heavy atom. The van der Waals surface area contributed by atoms with Crippen LogP contribution < -0.4 is 10.5 Å². The first-order chi connectivity index (χ1) is 10.3. The SMILES string of the molecule is COC(=O)c1scc(C)c1S(=O)(=O)NCC1(N)CCCCC1. The molecule has 0 spiro atoms. The van der Waals surface area contributed by atoms with Crippen molar-refractivity contribution in [3.63, 3.8) is 0 Å². The summed E-state index contributed by atoms with van der Waals surface area (Å²) >= 11 is 1.07. The van der Waals surface area contributed by atoms with Crippen LogP contribution in [0.4, 0.5) is 0 Å². The Bertz CT molecular complexity index is 646. The Morgan fingerprint density at radius 1 is 1.41 bits per heavy atom. The molecule has 8 heteroatoms. The van der Waals surface area contributed by atoms with E-state index in [9.17, 15) is 13.2 Å². The fraction of sp³-hybridized carbons (Fsp3) is 0.643. The Hall–Kier alpha value is -0.960. The zero-order valence-electron chi connectivity index (χ0n) is 12.8. The van der Waals surface area contributed by atoms with E-state index >= 15 is 0 Å². The first-order valence-corrected chi connectivity index (χ1v) is 9.60. The van der Waals surface area contributed by atoms with Gasteiger partial charge in [0.15, 0.2) is 0 Å². The molecule has 0 aromatic carbocycles. The summed E-state index contributed by atoms with van der Waals surface area (Å²) in [5.74, 6) is -0.640. The Kier molecular flexibility index (Phi) is 5.26. The lowest BCUT2D eigenvalue weighted by molar-refractivity contribution is 0.0602. The molecule has 0 amide bonds. The molecular weight excluding hydrogens is 324 g/mol. The molecule has 1 saturated carbocycles. The smallest absolute Gasteiger partial charge is 0.349 e. The minimum atomic E-state index is -3.79. The van der Waals surface area contributed by atoms with Gasteiger partial charge in [-0.05, 0) is 30.7 Å². The van der Waals surface area contributed by atoms with Gasteiger partial charge in [-0.15, -0.1) is 11.3 Å². The first kappa shape index (κ1) is 17.4. The van der Waals surface area contributed by atoms with E-state index in [2.05, 4.69) is 9.46 Å². The molecular formula is C14H22N2O4S2. The molecule has 1 aromatic heterocycles. The van der Waals surface area contributed by atoms with E-state index in [1.807, 2.05) is 0 Å². The van der Waals surface area contributed by atoms with Crippen molar-refractivity contribution in [1.82, 2.24) is 4.72 Å². The summed E-state index contributed by atoms with van der Waals surface area (Å²) in [6.45, 7) is 1.85. The molecule has 22 heavy (non-hydrogen) atoms. The number of carbonyl (C=O) groups excluding carboxylic acids is 1. The van der Waals surface area contributed by atoms with Gasteiger partial charge in [0.2, 0.25) is 10.0 Å². The summed E-state index contributed by atoms with van der Waals surface area (Å²) in [4.78, 5) is 11.8. The van der Waals surface area contributed by atoms with Crippen LogP contribution in [-0.2, 0) is 14.8 Å². The van der Waals surface area contributed by atoms with Crippen molar-refractivity contribution in [1.29, 1.82) is 0 Å². The van der Waals surface area contributed by atoms with Gasteiger partial charge in [0.25, 0.3) is 0 Å². The third-order valence-corrected chi connectivity index (χ3v) is 6.82. The highest BCUT2D eigenvalue weighted by Gasteiger charge is 2.32. The molecule has 2 rings (SSSR count). The predicted molar refractivity (Wildman–Crippen MR) is 85.6 cm³/mol. The van der Waals surface area contributed by atoms with E-state index in [0.717, 1.165) is 43.4 Å². The van der Waals surface area contributed by atoms with Crippen LogP contribution >= 0.6 is 11.3 Å². The lowest BCUT2D eigenvalue weighted by atomic mass is 9.83. The maximum Gasteiger partial charge on any atom is 0.349 e. The van der Waals surface area contributed by atoms with Gasteiger partial charge >= 0.3 is 5.97 Å². The lowest BCUT2D eigenvalue weighted by Gasteiger charge is -2.33. The summed E-state index contributed by atoms with van der Waals surface area (Å²) in [5, 5.41) is 1.64. The van der Waals surface area contributed by atoms with E-state index in [1.165, 1.54) is 7.11 Å². The van der Waals surface area contributed by atoms with Crippen LogP contribution in [0.25, 0.3) is 0 Å². The molecule has 0 unspecified atom stereocenters. The molecule has 1 heterocycles. The molecule has 3 N–H and O–H groups in total. The fourth-order valence-electron chi connectivity index (χ4n) is 2.74. The van der Waals surface area contributed by atoms with Crippen molar-refractivity contribution >= 4 is 27.3 Å². The topological polar surface area (TPSA) is 98.5 Å². The standard InChI is InChI=1S/C14H22N2O4S2/c1-10-8-21-11(13(17)20-2)12(10)22(18,19)16-9-14(15)6-4-3-5-7-14/h8,16H,3-7,9,15H2,1-2H3. The van der Waals surface area contributed by atoms with E-state index in [4.69, 9.17) is 5.73 Å². The van der Waals surface area contributed by atoms with Crippen LogP contribution in [0.15, 0.2) is 10.3 Å². The summed E-state index contributed by atoms with van der Waals surface area (Å²) in [5.41, 5.74) is 6.30. The number of ether oxygens (including phenoxy) is 1. The van der Waals surface area contributed by atoms with Gasteiger partial charge < -0.3 is 10.5 Å². The zero-order chi connectivity index (χ0) is 16.4. The minimum Gasteiger partial charge on any atom is -0.465 e. The third kappa shape index (κ3) is 3.68. The molecule has 1 aromatic rings. The number of thiophene rings is 1. The summed E-state index contributed by atoms with van der Waals surface area (Å²) < 4.78 is 32.4. The molecule has 0 radical (unpaired) electrons. The van der Waals surface area contributed by atoms with Crippen LogP contribution in [0.2, 0.25) is 0 Å². The summed E-state index contributed by atoms with van der Waals surface area (Å²) in [6.07, 6.45) is 4.79. The second-order valence-corrected chi connectivity index (χ2v) is 8.40. The quantitative estimate of drug-likeness (QED) is 0.792.